The lowest BCUT2D eigenvalue weighted by atomic mass is 10.3. The maximum atomic E-state index is 11.1. The molecule has 1 aromatic heterocycles. The Labute approximate surface area is 106 Å². The molecule has 100 valence electrons. The summed E-state index contributed by atoms with van der Waals surface area (Å²) in [5, 5.41) is 11.8. The third kappa shape index (κ3) is 5.24. The van der Waals surface area contributed by atoms with Crippen molar-refractivity contribution in [3.8, 4) is 0 Å². The Bertz CT molecular complexity index is 528. The molecule has 0 aliphatic heterocycles. The van der Waals surface area contributed by atoms with Gasteiger partial charge < -0.3 is 10.4 Å². The number of pyridine rings is 1. The van der Waals surface area contributed by atoms with Crippen LogP contribution >= 0.6 is 0 Å². The zero-order valence-electron chi connectivity index (χ0n) is 10.3. The van der Waals surface area contributed by atoms with Crippen LogP contribution in [-0.2, 0) is 16.4 Å². The van der Waals surface area contributed by atoms with E-state index in [9.17, 15) is 13.2 Å². The second-order valence-corrected chi connectivity index (χ2v) is 6.38. The Kier molecular flexibility index (Phi) is 4.80. The molecule has 1 atom stereocenters. The van der Waals surface area contributed by atoms with Gasteiger partial charge in [-0.3, -0.25) is 0 Å². The molecule has 0 aliphatic carbocycles. The molecule has 7 heteroatoms. The van der Waals surface area contributed by atoms with Crippen molar-refractivity contribution >= 4 is 15.8 Å². The Hall–Kier alpha value is -1.47. The molecule has 1 rings (SSSR count). The molecule has 2 N–H and O–H groups in total. The minimum absolute atomic E-state index is 0.0231. The lowest BCUT2D eigenvalue weighted by Gasteiger charge is -2.12. The van der Waals surface area contributed by atoms with E-state index in [-0.39, 0.29) is 17.5 Å². The molecule has 1 aromatic rings. The summed E-state index contributed by atoms with van der Waals surface area (Å²) in [5.41, 5.74) is 0.542. The van der Waals surface area contributed by atoms with Gasteiger partial charge >= 0.3 is 5.97 Å². The van der Waals surface area contributed by atoms with E-state index in [0.29, 0.717) is 12.2 Å². The highest BCUT2D eigenvalue weighted by molar-refractivity contribution is 7.90. The quantitative estimate of drug-likeness (QED) is 0.773. The molecule has 0 spiro atoms. The number of nitrogens with zero attached hydrogens (tertiary/aromatic N) is 1. The Morgan fingerprint density at radius 3 is 2.72 bits per heavy atom. The first-order chi connectivity index (χ1) is 8.28. The Balaban J connectivity index is 2.58. The van der Waals surface area contributed by atoms with Gasteiger partial charge in [0.25, 0.3) is 0 Å². The number of aromatic carboxylic acids is 1. The van der Waals surface area contributed by atoms with Crippen LogP contribution < -0.4 is 5.32 Å². The van der Waals surface area contributed by atoms with E-state index < -0.39 is 15.8 Å². The molecule has 0 radical (unpaired) electrons. The molecular weight excluding hydrogens is 256 g/mol. The summed E-state index contributed by atoms with van der Waals surface area (Å²) in [5.74, 6) is -1.05. The van der Waals surface area contributed by atoms with Gasteiger partial charge in [0.2, 0.25) is 0 Å². The summed E-state index contributed by atoms with van der Waals surface area (Å²) >= 11 is 0. The predicted octanol–water partition coefficient (Wildman–Crippen LogP) is 0.302. The van der Waals surface area contributed by atoms with Crippen LogP contribution in [0.2, 0.25) is 0 Å². The minimum Gasteiger partial charge on any atom is -0.477 e. The van der Waals surface area contributed by atoms with Gasteiger partial charge in [0, 0.05) is 18.8 Å². The summed E-state index contributed by atoms with van der Waals surface area (Å²) < 4.78 is 22.1. The summed E-state index contributed by atoms with van der Waals surface area (Å²) in [4.78, 5) is 14.6. The summed E-state index contributed by atoms with van der Waals surface area (Å²) in [7, 11) is -3.03. The molecule has 0 saturated carbocycles. The highest BCUT2D eigenvalue weighted by Crippen LogP contribution is 2.00. The van der Waals surface area contributed by atoms with Crippen molar-refractivity contribution in [2.75, 3.05) is 12.0 Å². The second kappa shape index (κ2) is 5.92. The van der Waals surface area contributed by atoms with Gasteiger partial charge in [-0.2, -0.15) is 0 Å². The smallest absolute Gasteiger partial charge is 0.354 e. The maximum absolute atomic E-state index is 11.1. The predicted molar refractivity (Wildman–Crippen MR) is 67.2 cm³/mol. The SMILES string of the molecule is CC(CS(C)(=O)=O)NCc1cccc(C(=O)O)n1. The van der Waals surface area contributed by atoms with Gasteiger partial charge in [-0.15, -0.1) is 0 Å². The first-order valence-electron chi connectivity index (χ1n) is 5.38. The largest absolute Gasteiger partial charge is 0.477 e. The Morgan fingerprint density at radius 2 is 2.17 bits per heavy atom. The van der Waals surface area contributed by atoms with E-state index in [0.717, 1.165) is 0 Å². The molecule has 0 amide bonds. The molecule has 0 fully saturated rings. The molecule has 0 aliphatic rings. The normalized spacial score (nSPS) is 13.2. The van der Waals surface area contributed by atoms with Crippen molar-refractivity contribution in [1.29, 1.82) is 0 Å². The highest BCUT2D eigenvalue weighted by atomic mass is 32.2. The van der Waals surface area contributed by atoms with Crippen LogP contribution in [0.1, 0.15) is 23.1 Å². The second-order valence-electron chi connectivity index (χ2n) is 4.19. The molecule has 18 heavy (non-hydrogen) atoms. The lowest BCUT2D eigenvalue weighted by molar-refractivity contribution is 0.0690. The molecule has 1 unspecified atom stereocenters. The van der Waals surface area contributed by atoms with Crippen LogP contribution in [0.3, 0.4) is 0 Å². The van der Waals surface area contributed by atoms with Crippen molar-refractivity contribution < 1.29 is 18.3 Å². The zero-order chi connectivity index (χ0) is 13.8. The molecule has 6 nitrogen and oxygen atoms in total. The zero-order valence-corrected chi connectivity index (χ0v) is 11.1. The fourth-order valence-electron chi connectivity index (χ4n) is 1.49. The van der Waals surface area contributed by atoms with E-state index in [4.69, 9.17) is 5.11 Å². The third-order valence-corrected chi connectivity index (χ3v) is 3.32. The van der Waals surface area contributed by atoms with Gasteiger partial charge in [0.1, 0.15) is 15.5 Å². The average molecular weight is 272 g/mol. The molecule has 0 bridgehead atoms. The first-order valence-corrected chi connectivity index (χ1v) is 7.44. The van der Waals surface area contributed by atoms with Crippen LogP contribution in [0.4, 0.5) is 0 Å². The van der Waals surface area contributed by atoms with E-state index in [1.165, 1.54) is 12.3 Å². The van der Waals surface area contributed by atoms with Gasteiger partial charge in [-0.05, 0) is 19.1 Å². The fraction of sp³-hybridized carbons (Fsp3) is 0.455. The molecule has 0 saturated heterocycles. The lowest BCUT2D eigenvalue weighted by Crippen LogP contribution is -2.32. The van der Waals surface area contributed by atoms with Crippen LogP contribution in [0.25, 0.3) is 0 Å². The van der Waals surface area contributed by atoms with Crippen molar-refractivity contribution in [2.45, 2.75) is 19.5 Å². The summed E-state index contributed by atoms with van der Waals surface area (Å²) in [6.07, 6.45) is 1.18. The number of rotatable bonds is 6. The molecular formula is C11H16N2O4S. The number of hydrogen-bond donors (Lipinski definition) is 2. The Morgan fingerprint density at radius 1 is 1.50 bits per heavy atom. The van der Waals surface area contributed by atoms with E-state index in [1.807, 2.05) is 0 Å². The fourth-order valence-corrected chi connectivity index (χ4v) is 2.52. The number of carboxylic acid groups (broad SMARTS) is 1. The van der Waals surface area contributed by atoms with Crippen LogP contribution in [0.15, 0.2) is 18.2 Å². The monoisotopic (exact) mass is 272 g/mol. The van der Waals surface area contributed by atoms with Crippen molar-refractivity contribution in [3.63, 3.8) is 0 Å². The topological polar surface area (TPSA) is 96.4 Å². The van der Waals surface area contributed by atoms with Gasteiger partial charge in [-0.1, -0.05) is 6.07 Å². The maximum Gasteiger partial charge on any atom is 0.354 e. The number of sulfone groups is 1. The minimum atomic E-state index is -3.03. The number of hydrogen-bond acceptors (Lipinski definition) is 5. The van der Waals surface area contributed by atoms with E-state index in [2.05, 4.69) is 10.3 Å². The van der Waals surface area contributed by atoms with Gasteiger partial charge in [0.05, 0.1) is 11.4 Å². The number of nitrogens with one attached hydrogen (secondary N) is 1. The van der Waals surface area contributed by atoms with Crippen molar-refractivity contribution in [1.82, 2.24) is 10.3 Å². The summed E-state index contributed by atoms with van der Waals surface area (Å²) in [6.45, 7) is 2.08. The molecule has 0 aromatic carbocycles. The number of carboxylic acids is 1. The summed E-state index contributed by atoms with van der Waals surface area (Å²) in [6, 6.07) is 4.49. The standard InChI is InChI=1S/C11H16N2O4S/c1-8(7-18(2,16)17)12-6-9-4-3-5-10(13-9)11(14)15/h3-5,8,12H,6-7H2,1-2H3,(H,14,15). The van der Waals surface area contributed by atoms with Crippen LogP contribution in [-0.4, -0.2) is 42.5 Å². The third-order valence-electron chi connectivity index (χ3n) is 2.21. The van der Waals surface area contributed by atoms with Crippen LogP contribution in [0.5, 0.6) is 0 Å². The number of carbonyl (C=O) groups is 1. The van der Waals surface area contributed by atoms with E-state index >= 15 is 0 Å². The average Bonchev–Trinajstić information content (AvgIpc) is 2.24. The molecule has 1 heterocycles. The van der Waals surface area contributed by atoms with Crippen molar-refractivity contribution in [3.05, 3.63) is 29.6 Å². The van der Waals surface area contributed by atoms with Gasteiger partial charge in [-0.25, -0.2) is 18.2 Å². The first kappa shape index (κ1) is 14.6. The van der Waals surface area contributed by atoms with Crippen LogP contribution in [0, 0.1) is 0 Å². The number of aromatic nitrogens is 1. The highest BCUT2D eigenvalue weighted by Gasteiger charge is 2.10. The van der Waals surface area contributed by atoms with E-state index in [1.54, 1.807) is 19.1 Å². The van der Waals surface area contributed by atoms with Gasteiger partial charge in [0.15, 0.2) is 0 Å². The van der Waals surface area contributed by atoms with Crippen molar-refractivity contribution in [2.24, 2.45) is 0 Å².